The van der Waals surface area contributed by atoms with Gasteiger partial charge in [0.25, 0.3) is 0 Å². The summed E-state index contributed by atoms with van der Waals surface area (Å²) in [6, 6.07) is -1.37. The first-order chi connectivity index (χ1) is 21.0. The Morgan fingerprint density at radius 1 is 1.20 bits per heavy atom. The summed E-state index contributed by atoms with van der Waals surface area (Å²) in [5.74, 6) is 0.791. The Morgan fingerprint density at radius 3 is 2.61 bits per heavy atom. The largest absolute Gasteiger partial charge is 0.493 e. The molecule has 12 unspecified atom stereocenters. The van der Waals surface area contributed by atoms with Gasteiger partial charge in [0.1, 0.15) is 35.8 Å². The van der Waals surface area contributed by atoms with Crippen LogP contribution in [0, 0.1) is 23.7 Å². The number of carbonyl (C=O) groups excluding carboxylic acids is 1. The summed E-state index contributed by atoms with van der Waals surface area (Å²) in [6.45, 7) is 11.2. The molecule has 254 valence electrons. The van der Waals surface area contributed by atoms with Crippen molar-refractivity contribution in [3.8, 4) is 0 Å². The number of hydrogen-bond donors (Lipinski definition) is 8. The van der Waals surface area contributed by atoms with E-state index in [9.17, 15) is 25.2 Å². The Hall–Kier alpha value is -1.35. The SMILES string of the molecule is CCCC(O)C(=O)NC1CC(C)C(C2OC(CNCC3CCNCC3)=CCC2C)C(O)C1OC1OCC(C)(O)C(NC)C1O. The number of hydrogen-bond acceptors (Lipinski definition) is 11. The molecule has 4 rings (SSSR count). The van der Waals surface area contributed by atoms with Crippen LogP contribution in [0.2, 0.25) is 0 Å². The second kappa shape index (κ2) is 16.0. The van der Waals surface area contributed by atoms with E-state index >= 15 is 0 Å². The van der Waals surface area contributed by atoms with Gasteiger partial charge in [0.05, 0.1) is 31.3 Å². The van der Waals surface area contributed by atoms with Gasteiger partial charge < -0.3 is 55.9 Å². The first-order valence-corrected chi connectivity index (χ1v) is 16.7. The number of likely N-dealkylation sites (N-methyl/N-ethyl adjacent to an activating group) is 1. The predicted molar refractivity (Wildman–Crippen MR) is 165 cm³/mol. The normalized spacial score (nSPS) is 41.0. The van der Waals surface area contributed by atoms with Gasteiger partial charge in [-0.25, -0.2) is 0 Å². The van der Waals surface area contributed by atoms with Gasteiger partial charge >= 0.3 is 0 Å². The highest BCUT2D eigenvalue weighted by Gasteiger charge is 2.53. The fraction of sp³-hybridized carbons (Fsp3) is 0.906. The van der Waals surface area contributed by atoms with Crippen LogP contribution in [0.25, 0.3) is 0 Å². The second-order valence-electron chi connectivity index (χ2n) is 13.9. The van der Waals surface area contributed by atoms with Crippen molar-refractivity contribution in [3.05, 3.63) is 11.8 Å². The van der Waals surface area contributed by atoms with E-state index in [0.29, 0.717) is 31.7 Å². The summed E-state index contributed by atoms with van der Waals surface area (Å²) < 4.78 is 18.7. The lowest BCUT2D eigenvalue weighted by Crippen LogP contribution is -2.67. The first kappa shape index (κ1) is 35.5. The molecule has 12 nitrogen and oxygen atoms in total. The molecule has 1 saturated carbocycles. The van der Waals surface area contributed by atoms with Crippen molar-refractivity contribution in [1.82, 2.24) is 21.3 Å². The lowest BCUT2D eigenvalue weighted by atomic mass is 9.68. The van der Waals surface area contributed by atoms with Crippen LogP contribution in [0.15, 0.2) is 11.8 Å². The highest BCUT2D eigenvalue weighted by atomic mass is 16.7. The Balaban J connectivity index is 1.49. The molecule has 0 aromatic carbocycles. The van der Waals surface area contributed by atoms with Crippen molar-refractivity contribution in [1.29, 1.82) is 0 Å². The predicted octanol–water partition coefficient (Wildman–Crippen LogP) is -0.0114. The fourth-order valence-electron chi connectivity index (χ4n) is 7.57. The van der Waals surface area contributed by atoms with E-state index in [1.807, 2.05) is 6.92 Å². The molecule has 3 aliphatic heterocycles. The van der Waals surface area contributed by atoms with Gasteiger partial charge in [0, 0.05) is 5.92 Å². The molecule has 0 spiro atoms. The zero-order valence-corrected chi connectivity index (χ0v) is 27.2. The van der Waals surface area contributed by atoms with Crippen LogP contribution in [0.3, 0.4) is 0 Å². The highest BCUT2D eigenvalue weighted by molar-refractivity contribution is 5.80. The Bertz CT molecular complexity index is 947. The molecule has 44 heavy (non-hydrogen) atoms. The van der Waals surface area contributed by atoms with E-state index in [4.69, 9.17) is 14.2 Å². The zero-order valence-electron chi connectivity index (χ0n) is 27.2. The number of rotatable bonds is 12. The molecule has 0 bridgehead atoms. The number of carbonyl (C=O) groups is 1. The number of allylic oxidation sites excluding steroid dienone is 1. The van der Waals surface area contributed by atoms with Gasteiger partial charge in [0.15, 0.2) is 6.29 Å². The van der Waals surface area contributed by atoms with Crippen molar-refractivity contribution < 1.29 is 39.4 Å². The number of aliphatic hydroxyl groups is 4. The number of piperidine rings is 1. The molecule has 8 N–H and O–H groups in total. The van der Waals surface area contributed by atoms with Gasteiger partial charge in [-0.15, -0.1) is 0 Å². The van der Waals surface area contributed by atoms with E-state index < -0.39 is 54.3 Å². The van der Waals surface area contributed by atoms with E-state index in [2.05, 4.69) is 41.2 Å². The van der Waals surface area contributed by atoms with Gasteiger partial charge in [-0.1, -0.05) is 27.2 Å². The average molecular weight is 627 g/mol. The van der Waals surface area contributed by atoms with Crippen molar-refractivity contribution in [2.24, 2.45) is 23.7 Å². The summed E-state index contributed by atoms with van der Waals surface area (Å²) in [5, 5.41) is 57.1. The minimum absolute atomic E-state index is 0.0454. The first-order valence-electron chi connectivity index (χ1n) is 16.7. The molecule has 0 aromatic rings. The van der Waals surface area contributed by atoms with E-state index in [0.717, 1.165) is 31.8 Å². The number of aliphatic hydroxyl groups excluding tert-OH is 3. The minimum atomic E-state index is -1.33. The molecule has 1 amide bonds. The monoisotopic (exact) mass is 626 g/mol. The van der Waals surface area contributed by atoms with Crippen LogP contribution in [0.5, 0.6) is 0 Å². The maximum atomic E-state index is 12.9. The smallest absolute Gasteiger partial charge is 0.249 e. The quantitative estimate of drug-likeness (QED) is 0.146. The van der Waals surface area contributed by atoms with Crippen LogP contribution in [-0.2, 0) is 19.0 Å². The van der Waals surface area contributed by atoms with Crippen molar-refractivity contribution in [2.75, 3.05) is 39.8 Å². The Kier molecular flexibility index (Phi) is 12.9. The molecular formula is C32H58N4O8. The van der Waals surface area contributed by atoms with Crippen LogP contribution >= 0.6 is 0 Å². The van der Waals surface area contributed by atoms with E-state index in [-0.39, 0.29) is 30.5 Å². The maximum Gasteiger partial charge on any atom is 0.249 e. The number of ether oxygens (including phenoxy) is 3. The van der Waals surface area contributed by atoms with E-state index in [1.54, 1.807) is 14.0 Å². The topological polar surface area (TPSA) is 174 Å². The van der Waals surface area contributed by atoms with Crippen molar-refractivity contribution >= 4 is 5.91 Å². The van der Waals surface area contributed by atoms with Gasteiger partial charge in [-0.3, -0.25) is 4.79 Å². The third-order valence-electron chi connectivity index (χ3n) is 10.2. The van der Waals surface area contributed by atoms with Crippen LogP contribution in [0.4, 0.5) is 0 Å². The molecule has 12 heteroatoms. The van der Waals surface area contributed by atoms with E-state index in [1.165, 1.54) is 12.8 Å². The van der Waals surface area contributed by atoms with Crippen molar-refractivity contribution in [2.45, 2.75) is 121 Å². The molecule has 3 fully saturated rings. The van der Waals surface area contributed by atoms with Gasteiger partial charge in [-0.2, -0.15) is 0 Å². The zero-order chi connectivity index (χ0) is 32.0. The molecule has 0 aromatic heterocycles. The van der Waals surface area contributed by atoms with Crippen LogP contribution in [0.1, 0.15) is 66.2 Å². The standard InChI is InChI=1S/C32H58N4O8/c1-6-7-23(37)30(40)36-22-14-19(3)24(25(38)28(22)44-31-26(39)29(33-5)32(4,41)17-42-31)27-18(2)8-9-21(43-27)16-35-15-20-10-12-34-13-11-20/h9,18-20,22-29,31,33-35,37-39,41H,6-8,10-17H2,1-5H3,(H,36,40). The van der Waals surface area contributed by atoms with Crippen LogP contribution < -0.4 is 21.3 Å². The summed E-state index contributed by atoms with van der Waals surface area (Å²) in [4.78, 5) is 12.9. The summed E-state index contributed by atoms with van der Waals surface area (Å²) in [7, 11) is 1.64. The summed E-state index contributed by atoms with van der Waals surface area (Å²) >= 11 is 0. The average Bonchev–Trinajstić information content (AvgIpc) is 2.98. The molecule has 12 atom stereocenters. The summed E-state index contributed by atoms with van der Waals surface area (Å²) in [5.41, 5.74) is -1.33. The van der Waals surface area contributed by atoms with Gasteiger partial charge in [0.2, 0.25) is 5.91 Å². The molecule has 3 heterocycles. The maximum absolute atomic E-state index is 12.9. The molecule has 2 saturated heterocycles. The minimum Gasteiger partial charge on any atom is -0.493 e. The molecular weight excluding hydrogens is 568 g/mol. The molecule has 0 radical (unpaired) electrons. The highest BCUT2D eigenvalue weighted by Crippen LogP contribution is 2.42. The fourth-order valence-corrected chi connectivity index (χ4v) is 7.57. The third kappa shape index (κ3) is 8.51. The number of amides is 1. The van der Waals surface area contributed by atoms with Crippen molar-refractivity contribution in [3.63, 3.8) is 0 Å². The molecule has 1 aliphatic carbocycles. The lowest BCUT2D eigenvalue weighted by molar-refractivity contribution is -0.299. The van der Waals surface area contributed by atoms with Crippen LogP contribution in [-0.4, -0.2) is 121 Å². The summed E-state index contributed by atoms with van der Waals surface area (Å²) in [6.07, 6.45) is 0.893. The Morgan fingerprint density at radius 2 is 1.93 bits per heavy atom. The second-order valence-corrected chi connectivity index (χ2v) is 13.9. The Labute approximate surface area is 262 Å². The van der Waals surface area contributed by atoms with Gasteiger partial charge in [-0.05, 0) is 89.5 Å². The third-order valence-corrected chi connectivity index (χ3v) is 10.2. The number of nitrogens with one attached hydrogen (secondary N) is 4. The lowest BCUT2D eigenvalue weighted by Gasteiger charge is -2.51. The molecule has 4 aliphatic rings.